The van der Waals surface area contributed by atoms with Crippen LogP contribution in [0.5, 0.6) is 11.5 Å². The van der Waals surface area contributed by atoms with E-state index >= 15 is 0 Å². The van der Waals surface area contributed by atoms with Crippen LogP contribution in [0.25, 0.3) is 28.9 Å². The summed E-state index contributed by atoms with van der Waals surface area (Å²) in [5, 5.41) is 26.7. The molecule has 0 unspecified atom stereocenters. The fourth-order valence-corrected chi connectivity index (χ4v) is 3.70. The van der Waals surface area contributed by atoms with E-state index in [2.05, 4.69) is 10.2 Å². The number of carboxylic acid groups (broad SMARTS) is 2. The van der Waals surface area contributed by atoms with E-state index in [0.29, 0.717) is 28.4 Å². The molecule has 2 N–H and O–H groups in total. The minimum Gasteiger partial charge on any atom is -0.497 e. The number of hydrogen-bond acceptors (Lipinski definition) is 9. The van der Waals surface area contributed by atoms with E-state index < -0.39 is 11.9 Å². The SMILES string of the molecule is COc1cc(OC)cc(-c2nnc(S/C(=C\c3ccc(-c4cccc(C(=O)O)c4)o3)C(=O)O)o2)c1. The van der Waals surface area contributed by atoms with Gasteiger partial charge in [-0.05, 0) is 48.2 Å². The smallest absolute Gasteiger partial charge is 0.342 e. The zero-order valence-corrected chi connectivity index (χ0v) is 19.2. The second kappa shape index (κ2) is 10.2. The Morgan fingerprint density at radius 3 is 2.31 bits per heavy atom. The number of aliphatic carboxylic acids is 1. The first-order valence-corrected chi connectivity index (χ1v) is 10.8. The quantitative estimate of drug-likeness (QED) is 0.241. The van der Waals surface area contributed by atoms with Gasteiger partial charge in [0.15, 0.2) is 0 Å². The Kier molecular flexibility index (Phi) is 6.88. The number of hydrogen-bond donors (Lipinski definition) is 2. The molecule has 178 valence electrons. The summed E-state index contributed by atoms with van der Waals surface area (Å²) >= 11 is 0.760. The highest BCUT2D eigenvalue weighted by Crippen LogP contribution is 2.33. The average Bonchev–Trinajstić information content (AvgIpc) is 3.53. The van der Waals surface area contributed by atoms with Crippen LogP contribution in [0.2, 0.25) is 0 Å². The lowest BCUT2D eigenvalue weighted by Gasteiger charge is -2.05. The standard InChI is InChI=1S/C24H18N2O8S/c1-31-17-9-15(10-18(11-17)32-2)21-25-26-24(34-21)35-20(23(29)30)12-16-6-7-19(33-16)13-4-3-5-14(8-13)22(27)28/h3-12H,1-2H3,(H,27,28)(H,29,30)/b20-12-. The molecule has 0 fully saturated rings. The largest absolute Gasteiger partial charge is 0.497 e. The van der Waals surface area contributed by atoms with Crippen molar-refractivity contribution in [2.24, 2.45) is 0 Å². The zero-order valence-electron chi connectivity index (χ0n) is 18.4. The minimum absolute atomic E-state index is 0.0105. The van der Waals surface area contributed by atoms with Gasteiger partial charge in [0, 0.05) is 23.3 Å². The molecule has 0 saturated carbocycles. The molecule has 0 saturated heterocycles. The maximum absolute atomic E-state index is 11.8. The van der Waals surface area contributed by atoms with Crippen molar-refractivity contribution in [3.8, 4) is 34.3 Å². The molecule has 11 heteroatoms. The van der Waals surface area contributed by atoms with Crippen LogP contribution >= 0.6 is 11.8 Å². The summed E-state index contributed by atoms with van der Waals surface area (Å²) in [7, 11) is 3.03. The van der Waals surface area contributed by atoms with Crippen molar-refractivity contribution >= 4 is 29.8 Å². The molecule has 2 heterocycles. The van der Waals surface area contributed by atoms with E-state index in [-0.39, 0.29) is 27.3 Å². The Hall–Kier alpha value is -4.51. The average molecular weight is 494 g/mol. The van der Waals surface area contributed by atoms with Gasteiger partial charge in [-0.25, -0.2) is 9.59 Å². The van der Waals surface area contributed by atoms with E-state index in [1.165, 1.54) is 32.4 Å². The first kappa shape index (κ1) is 23.6. The first-order chi connectivity index (χ1) is 16.9. The van der Waals surface area contributed by atoms with Gasteiger partial charge in [-0.1, -0.05) is 12.1 Å². The number of benzene rings is 2. The topological polar surface area (TPSA) is 145 Å². The Labute approximate surface area is 202 Å². The maximum atomic E-state index is 11.8. The molecule has 0 aliphatic heterocycles. The van der Waals surface area contributed by atoms with Gasteiger partial charge < -0.3 is 28.5 Å². The van der Waals surface area contributed by atoms with Crippen molar-refractivity contribution in [3.05, 3.63) is 70.8 Å². The molecule has 4 aromatic rings. The summed E-state index contributed by atoms with van der Waals surface area (Å²) in [6.07, 6.45) is 1.32. The fraction of sp³-hybridized carbons (Fsp3) is 0.0833. The first-order valence-electron chi connectivity index (χ1n) is 9.99. The summed E-state index contributed by atoms with van der Waals surface area (Å²) < 4.78 is 21.8. The van der Waals surface area contributed by atoms with E-state index in [1.54, 1.807) is 42.5 Å². The molecule has 2 aromatic carbocycles. The van der Waals surface area contributed by atoms with Crippen LogP contribution in [-0.2, 0) is 4.79 Å². The highest BCUT2D eigenvalue weighted by molar-refractivity contribution is 8.03. The Morgan fingerprint density at radius 1 is 0.914 bits per heavy atom. The van der Waals surface area contributed by atoms with Gasteiger partial charge in [0.1, 0.15) is 27.9 Å². The molecule has 0 atom stereocenters. The van der Waals surface area contributed by atoms with E-state index in [9.17, 15) is 14.7 Å². The molecule has 4 rings (SSSR count). The van der Waals surface area contributed by atoms with Crippen LogP contribution in [-0.4, -0.2) is 46.6 Å². The number of methoxy groups -OCH3 is 2. The number of thioether (sulfide) groups is 1. The number of rotatable bonds is 9. The van der Waals surface area contributed by atoms with Crippen molar-refractivity contribution in [1.82, 2.24) is 10.2 Å². The Bertz CT molecular complexity index is 1400. The van der Waals surface area contributed by atoms with Crippen LogP contribution in [0.4, 0.5) is 0 Å². The summed E-state index contributed by atoms with van der Waals surface area (Å²) in [5.41, 5.74) is 1.20. The molecule has 0 spiro atoms. The maximum Gasteiger partial charge on any atom is 0.342 e. The zero-order chi connectivity index (χ0) is 24.9. The number of furan rings is 1. The van der Waals surface area contributed by atoms with Crippen LogP contribution in [0.3, 0.4) is 0 Å². The van der Waals surface area contributed by atoms with Gasteiger partial charge in [0.05, 0.1) is 19.8 Å². The van der Waals surface area contributed by atoms with Gasteiger partial charge in [0.2, 0.25) is 5.89 Å². The Morgan fingerprint density at radius 2 is 1.66 bits per heavy atom. The van der Waals surface area contributed by atoms with Crippen LogP contribution in [0.15, 0.2) is 73.6 Å². The molecule has 0 aliphatic carbocycles. The lowest BCUT2D eigenvalue weighted by atomic mass is 10.1. The number of ether oxygens (including phenoxy) is 2. The normalized spacial score (nSPS) is 11.3. The molecule has 2 aromatic heterocycles. The van der Waals surface area contributed by atoms with Gasteiger partial charge in [0.25, 0.3) is 5.22 Å². The van der Waals surface area contributed by atoms with Gasteiger partial charge in [-0.2, -0.15) is 0 Å². The molecule has 35 heavy (non-hydrogen) atoms. The number of nitrogens with zero attached hydrogens (tertiary/aromatic N) is 2. The molecular weight excluding hydrogens is 476 g/mol. The predicted molar refractivity (Wildman–Crippen MR) is 125 cm³/mol. The molecule has 10 nitrogen and oxygen atoms in total. The number of carbonyl (C=O) groups is 2. The van der Waals surface area contributed by atoms with Crippen LogP contribution in [0, 0.1) is 0 Å². The van der Waals surface area contributed by atoms with Crippen LogP contribution in [0.1, 0.15) is 16.1 Å². The third kappa shape index (κ3) is 5.53. The van der Waals surface area contributed by atoms with Crippen molar-refractivity contribution < 1.29 is 38.1 Å². The number of aromatic carboxylic acids is 1. The van der Waals surface area contributed by atoms with Gasteiger partial charge >= 0.3 is 11.9 Å². The van der Waals surface area contributed by atoms with E-state index in [4.69, 9.17) is 23.4 Å². The van der Waals surface area contributed by atoms with Crippen LogP contribution < -0.4 is 9.47 Å². The van der Waals surface area contributed by atoms with Gasteiger partial charge in [-0.3, -0.25) is 0 Å². The minimum atomic E-state index is -1.22. The predicted octanol–water partition coefficient (Wildman–Crippen LogP) is 4.93. The summed E-state index contributed by atoms with van der Waals surface area (Å²) in [6.45, 7) is 0. The number of carboxylic acids is 2. The molecule has 0 amide bonds. The summed E-state index contributed by atoms with van der Waals surface area (Å²) in [5.74, 6) is -0.420. The summed E-state index contributed by atoms with van der Waals surface area (Å²) in [4.78, 5) is 22.9. The molecule has 0 bridgehead atoms. The third-order valence-corrected chi connectivity index (χ3v) is 5.56. The van der Waals surface area contributed by atoms with Crippen molar-refractivity contribution in [2.75, 3.05) is 14.2 Å². The van der Waals surface area contributed by atoms with Crippen molar-refractivity contribution in [1.29, 1.82) is 0 Å². The molecule has 0 radical (unpaired) electrons. The second-order valence-electron chi connectivity index (χ2n) is 6.98. The third-order valence-electron chi connectivity index (χ3n) is 4.71. The molecule has 0 aliphatic rings. The molecular formula is C24H18N2O8S. The van der Waals surface area contributed by atoms with E-state index in [1.807, 2.05) is 0 Å². The lowest BCUT2D eigenvalue weighted by molar-refractivity contribution is -0.131. The van der Waals surface area contributed by atoms with Gasteiger partial charge in [-0.15, -0.1) is 10.2 Å². The Balaban J connectivity index is 1.57. The summed E-state index contributed by atoms with van der Waals surface area (Å²) in [6, 6.07) is 14.5. The second-order valence-corrected chi connectivity index (χ2v) is 7.97. The monoisotopic (exact) mass is 494 g/mol. The highest BCUT2D eigenvalue weighted by atomic mass is 32.2. The van der Waals surface area contributed by atoms with Crippen molar-refractivity contribution in [2.45, 2.75) is 5.22 Å². The highest BCUT2D eigenvalue weighted by Gasteiger charge is 2.18. The fourth-order valence-electron chi connectivity index (χ4n) is 3.05. The van der Waals surface area contributed by atoms with E-state index in [0.717, 1.165) is 11.8 Å². The van der Waals surface area contributed by atoms with Crippen molar-refractivity contribution in [3.63, 3.8) is 0 Å². The lowest BCUT2D eigenvalue weighted by Crippen LogP contribution is -1.96. The number of aromatic nitrogens is 2.